The lowest BCUT2D eigenvalue weighted by molar-refractivity contribution is -0.127. The minimum absolute atomic E-state index is 0.0181. The molecular formula is C24H23N7O2. The Kier molecular flexibility index (Phi) is 6.17. The number of nitrogens with one attached hydrogen (secondary N) is 1. The molecule has 2 heterocycles. The van der Waals surface area contributed by atoms with Crippen molar-refractivity contribution >= 4 is 22.8 Å². The number of nitriles is 1. The molecule has 0 saturated carbocycles. The van der Waals surface area contributed by atoms with Crippen molar-refractivity contribution in [3.05, 3.63) is 60.4 Å². The number of aromatic amines is 1. The van der Waals surface area contributed by atoms with E-state index in [0.717, 1.165) is 16.6 Å². The Morgan fingerprint density at radius 1 is 1.09 bits per heavy atom. The molecule has 0 spiro atoms. The van der Waals surface area contributed by atoms with Crippen LogP contribution in [0.1, 0.15) is 12.5 Å². The summed E-state index contributed by atoms with van der Waals surface area (Å²) in [6.45, 7) is 2.74. The number of imidazole rings is 1. The highest BCUT2D eigenvalue weighted by atomic mass is 16.5. The molecule has 0 aliphatic rings. The lowest BCUT2D eigenvalue weighted by atomic mass is 10.2. The first-order valence-electron chi connectivity index (χ1n) is 10.4. The number of fused-ring (bicyclic) bond motifs is 1. The molecule has 9 nitrogen and oxygen atoms in total. The van der Waals surface area contributed by atoms with E-state index in [9.17, 15) is 4.79 Å². The van der Waals surface area contributed by atoms with E-state index in [1.54, 1.807) is 36.5 Å². The molecule has 0 atom stereocenters. The van der Waals surface area contributed by atoms with Gasteiger partial charge in [-0.2, -0.15) is 10.2 Å². The normalized spacial score (nSPS) is 10.6. The number of H-pyrrole nitrogens is 1. The molecule has 4 aromatic rings. The summed E-state index contributed by atoms with van der Waals surface area (Å²) < 4.78 is 5.88. The Morgan fingerprint density at radius 2 is 1.88 bits per heavy atom. The number of ether oxygens (including phenoxy) is 1. The predicted octanol–water partition coefficient (Wildman–Crippen LogP) is 3.60. The molecule has 0 saturated heterocycles. The minimum atomic E-state index is 0.0181. The van der Waals surface area contributed by atoms with Gasteiger partial charge >= 0.3 is 0 Å². The predicted molar refractivity (Wildman–Crippen MR) is 125 cm³/mol. The summed E-state index contributed by atoms with van der Waals surface area (Å²) in [6, 6.07) is 15.0. The fraction of sp³-hybridized carbons (Fsp3) is 0.208. The first-order valence-corrected chi connectivity index (χ1v) is 10.4. The fourth-order valence-electron chi connectivity index (χ4n) is 3.16. The standard InChI is InChI=1S/C24H23N7O2/c1-16(32)30(2)10-11-31(3)22-14-26-15-23(29-22)33-19-7-5-18(6-8-19)24-27-20-9-4-17(13-25)12-21(20)28-24/h4-9,12,14-15H,10-11H2,1-3H3,(H,27,28). The van der Waals surface area contributed by atoms with Gasteiger partial charge in [0.05, 0.1) is 35.1 Å². The molecular weight excluding hydrogens is 418 g/mol. The van der Waals surface area contributed by atoms with Crippen molar-refractivity contribution in [1.82, 2.24) is 24.8 Å². The van der Waals surface area contributed by atoms with Crippen LogP contribution in [-0.4, -0.2) is 57.9 Å². The molecule has 0 aliphatic carbocycles. The van der Waals surface area contributed by atoms with Crippen molar-refractivity contribution < 1.29 is 9.53 Å². The van der Waals surface area contributed by atoms with Gasteiger partial charge in [0.1, 0.15) is 11.6 Å². The van der Waals surface area contributed by atoms with Gasteiger partial charge in [0, 0.05) is 39.7 Å². The molecule has 2 aromatic carbocycles. The minimum Gasteiger partial charge on any atom is -0.437 e. The molecule has 9 heteroatoms. The number of rotatable bonds is 7. The number of amides is 1. The first kappa shape index (κ1) is 21.8. The van der Waals surface area contributed by atoms with Gasteiger partial charge in [0.15, 0.2) is 5.82 Å². The molecule has 2 aromatic heterocycles. The van der Waals surface area contributed by atoms with Gasteiger partial charge in [0.25, 0.3) is 0 Å². The molecule has 0 aliphatic heterocycles. The Hall–Kier alpha value is -4.45. The van der Waals surface area contributed by atoms with Gasteiger partial charge in [-0.3, -0.25) is 9.78 Å². The van der Waals surface area contributed by atoms with Crippen molar-refractivity contribution in [2.75, 3.05) is 32.1 Å². The molecule has 33 heavy (non-hydrogen) atoms. The Labute approximate surface area is 191 Å². The van der Waals surface area contributed by atoms with Gasteiger partial charge in [-0.1, -0.05) is 0 Å². The molecule has 0 radical (unpaired) electrons. The van der Waals surface area contributed by atoms with E-state index in [2.05, 4.69) is 26.0 Å². The highest BCUT2D eigenvalue weighted by molar-refractivity contribution is 5.80. The molecule has 0 unspecified atom stereocenters. The number of anilines is 1. The third kappa shape index (κ3) is 5.07. The third-order valence-corrected chi connectivity index (χ3v) is 5.26. The number of aromatic nitrogens is 4. The number of nitrogens with zero attached hydrogens (tertiary/aromatic N) is 6. The number of likely N-dealkylation sites (N-methyl/N-ethyl adjacent to an activating group) is 2. The summed E-state index contributed by atoms with van der Waals surface area (Å²) >= 11 is 0. The largest absolute Gasteiger partial charge is 0.437 e. The number of benzene rings is 2. The van der Waals surface area contributed by atoms with Crippen LogP contribution >= 0.6 is 0 Å². The molecule has 166 valence electrons. The topological polar surface area (TPSA) is 111 Å². The van der Waals surface area contributed by atoms with Crippen LogP contribution in [0.3, 0.4) is 0 Å². The van der Waals surface area contributed by atoms with Crippen LogP contribution in [0.25, 0.3) is 22.4 Å². The second-order valence-electron chi connectivity index (χ2n) is 7.63. The maximum absolute atomic E-state index is 11.4. The summed E-state index contributed by atoms with van der Waals surface area (Å²) in [6.07, 6.45) is 3.21. The Balaban J connectivity index is 1.44. The van der Waals surface area contributed by atoms with E-state index in [1.807, 2.05) is 42.3 Å². The average Bonchev–Trinajstić information content (AvgIpc) is 3.26. The van der Waals surface area contributed by atoms with Crippen molar-refractivity contribution in [3.63, 3.8) is 0 Å². The zero-order valence-electron chi connectivity index (χ0n) is 18.6. The number of carbonyl (C=O) groups is 1. The van der Waals surface area contributed by atoms with Crippen molar-refractivity contribution in [2.24, 2.45) is 0 Å². The van der Waals surface area contributed by atoms with Gasteiger partial charge in [0.2, 0.25) is 11.8 Å². The van der Waals surface area contributed by atoms with Crippen molar-refractivity contribution in [1.29, 1.82) is 5.26 Å². The van der Waals surface area contributed by atoms with Crippen LogP contribution in [0.2, 0.25) is 0 Å². The summed E-state index contributed by atoms with van der Waals surface area (Å²) in [5, 5.41) is 9.06. The second kappa shape index (κ2) is 9.36. The molecule has 4 rings (SSSR count). The Bertz CT molecular complexity index is 1320. The lowest BCUT2D eigenvalue weighted by Gasteiger charge is -2.22. The van der Waals surface area contributed by atoms with Gasteiger partial charge in [-0.15, -0.1) is 0 Å². The SMILES string of the molecule is CC(=O)N(C)CCN(C)c1cncc(Oc2ccc(-c3nc4ccc(C#N)cc4[nH]3)cc2)n1. The maximum atomic E-state index is 11.4. The van der Waals surface area contributed by atoms with E-state index in [0.29, 0.717) is 41.9 Å². The summed E-state index contributed by atoms with van der Waals surface area (Å²) in [7, 11) is 3.66. The van der Waals surface area contributed by atoms with Gasteiger partial charge in [-0.25, -0.2) is 4.98 Å². The van der Waals surface area contributed by atoms with Crippen LogP contribution in [0.4, 0.5) is 5.82 Å². The monoisotopic (exact) mass is 441 g/mol. The van der Waals surface area contributed by atoms with Crippen molar-refractivity contribution in [3.8, 4) is 29.1 Å². The molecule has 0 bridgehead atoms. The number of hydrogen-bond donors (Lipinski definition) is 1. The third-order valence-electron chi connectivity index (χ3n) is 5.26. The van der Waals surface area contributed by atoms with E-state index >= 15 is 0 Å². The first-order chi connectivity index (χ1) is 15.9. The summed E-state index contributed by atoms with van der Waals surface area (Å²) in [5.41, 5.74) is 3.10. The smallest absolute Gasteiger partial charge is 0.239 e. The summed E-state index contributed by atoms with van der Waals surface area (Å²) in [5.74, 6) is 2.38. The van der Waals surface area contributed by atoms with E-state index in [-0.39, 0.29) is 5.91 Å². The van der Waals surface area contributed by atoms with E-state index in [1.165, 1.54) is 6.92 Å². The van der Waals surface area contributed by atoms with Crippen LogP contribution in [-0.2, 0) is 4.79 Å². The highest BCUT2D eigenvalue weighted by Gasteiger charge is 2.10. The molecule has 1 N–H and O–H groups in total. The number of hydrogen-bond acceptors (Lipinski definition) is 7. The van der Waals surface area contributed by atoms with Crippen LogP contribution < -0.4 is 9.64 Å². The molecule has 1 amide bonds. The fourth-order valence-corrected chi connectivity index (χ4v) is 3.16. The second-order valence-corrected chi connectivity index (χ2v) is 7.63. The number of carbonyl (C=O) groups excluding carboxylic acids is 1. The zero-order chi connectivity index (χ0) is 23.4. The van der Waals surface area contributed by atoms with Gasteiger partial charge in [-0.05, 0) is 42.5 Å². The molecule has 0 fully saturated rings. The summed E-state index contributed by atoms with van der Waals surface area (Å²) in [4.78, 5) is 31.5. The highest BCUT2D eigenvalue weighted by Crippen LogP contribution is 2.26. The van der Waals surface area contributed by atoms with Crippen molar-refractivity contribution in [2.45, 2.75) is 6.92 Å². The Morgan fingerprint density at radius 3 is 2.61 bits per heavy atom. The van der Waals surface area contributed by atoms with Crippen LogP contribution in [0.5, 0.6) is 11.6 Å². The van der Waals surface area contributed by atoms with Gasteiger partial charge < -0.3 is 19.5 Å². The lowest BCUT2D eigenvalue weighted by Crippen LogP contribution is -2.33. The zero-order valence-corrected chi connectivity index (χ0v) is 18.6. The van der Waals surface area contributed by atoms with Crippen LogP contribution in [0, 0.1) is 11.3 Å². The maximum Gasteiger partial charge on any atom is 0.239 e. The van der Waals surface area contributed by atoms with E-state index in [4.69, 9.17) is 10.00 Å². The van der Waals surface area contributed by atoms with Crippen LogP contribution in [0.15, 0.2) is 54.9 Å². The quantitative estimate of drug-likeness (QED) is 0.466. The average molecular weight is 441 g/mol. The van der Waals surface area contributed by atoms with E-state index < -0.39 is 0 Å².